The summed E-state index contributed by atoms with van der Waals surface area (Å²) in [5, 5.41) is 7.64. The molecule has 130 valence electrons. The summed E-state index contributed by atoms with van der Waals surface area (Å²) in [5.41, 5.74) is 0. The highest BCUT2D eigenvalue weighted by atomic mass is 19.2. The van der Waals surface area contributed by atoms with Gasteiger partial charge in [0.1, 0.15) is 0 Å². The molecule has 6 rings (SSSR count). The van der Waals surface area contributed by atoms with E-state index in [2.05, 4.69) is 24.3 Å². The summed E-state index contributed by atoms with van der Waals surface area (Å²) in [5.74, 6) is -0.147. The van der Waals surface area contributed by atoms with Gasteiger partial charge in [-0.25, -0.2) is 8.78 Å². The van der Waals surface area contributed by atoms with Crippen LogP contribution < -0.4 is 9.47 Å². The summed E-state index contributed by atoms with van der Waals surface area (Å²) in [7, 11) is 0. The van der Waals surface area contributed by atoms with Crippen molar-refractivity contribution >= 4 is 43.1 Å². The van der Waals surface area contributed by atoms with Crippen LogP contribution in [0.25, 0.3) is 43.1 Å². The number of rotatable bonds is 0. The van der Waals surface area contributed by atoms with Crippen LogP contribution in [0.15, 0.2) is 60.7 Å². The number of hydrogen-bond acceptors (Lipinski definition) is 2. The van der Waals surface area contributed by atoms with E-state index in [9.17, 15) is 8.78 Å². The van der Waals surface area contributed by atoms with E-state index >= 15 is 0 Å². The Morgan fingerprint density at radius 2 is 0.741 bits per heavy atom. The molecule has 0 amide bonds. The fourth-order valence-corrected chi connectivity index (χ4v) is 3.89. The van der Waals surface area contributed by atoms with Gasteiger partial charge in [0.05, 0.1) is 0 Å². The molecule has 0 saturated carbocycles. The Balaban J connectivity index is 1.66. The first-order valence-electron chi connectivity index (χ1n) is 8.64. The number of hydrogen-bond donors (Lipinski definition) is 0. The first kappa shape index (κ1) is 14.7. The van der Waals surface area contributed by atoms with Gasteiger partial charge in [-0.15, -0.1) is 0 Å². The molecule has 5 aromatic rings. The van der Waals surface area contributed by atoms with Gasteiger partial charge in [0.2, 0.25) is 6.79 Å². The highest BCUT2D eigenvalue weighted by molar-refractivity contribution is 6.08. The second kappa shape index (κ2) is 5.07. The Morgan fingerprint density at radius 3 is 1.11 bits per heavy atom. The molecule has 0 bridgehead atoms. The monoisotopic (exact) mass is 358 g/mol. The largest absolute Gasteiger partial charge is 0.454 e. The van der Waals surface area contributed by atoms with Gasteiger partial charge in [-0.1, -0.05) is 0 Å². The van der Waals surface area contributed by atoms with Gasteiger partial charge in [0, 0.05) is 0 Å². The van der Waals surface area contributed by atoms with Crippen LogP contribution in [0, 0.1) is 11.6 Å². The molecule has 0 N–H and O–H groups in total. The molecule has 1 heterocycles. The highest BCUT2D eigenvalue weighted by Gasteiger charge is 2.14. The molecule has 0 atom stereocenters. The van der Waals surface area contributed by atoms with Crippen molar-refractivity contribution < 1.29 is 18.3 Å². The Kier molecular flexibility index (Phi) is 2.77. The molecular weight excluding hydrogens is 346 g/mol. The number of benzene rings is 5. The fourth-order valence-electron chi connectivity index (χ4n) is 3.89. The Hall–Kier alpha value is -3.40. The van der Waals surface area contributed by atoms with Crippen molar-refractivity contribution in [2.75, 3.05) is 6.79 Å². The predicted octanol–water partition coefficient (Wildman–Crippen LogP) is 6.31. The molecule has 1 aliphatic rings. The summed E-state index contributed by atoms with van der Waals surface area (Å²) < 4.78 is 38.1. The van der Waals surface area contributed by atoms with E-state index in [1.165, 1.54) is 12.1 Å². The average Bonchev–Trinajstić information content (AvgIpc) is 3.09. The second-order valence-electron chi connectivity index (χ2n) is 6.92. The van der Waals surface area contributed by atoms with Gasteiger partial charge < -0.3 is 9.47 Å². The summed E-state index contributed by atoms with van der Waals surface area (Å²) in [6.45, 7) is 0.245. The van der Waals surface area contributed by atoms with Crippen molar-refractivity contribution in [3.8, 4) is 11.5 Å². The normalized spacial score (nSPS) is 13.3. The molecule has 4 heteroatoms. The van der Waals surface area contributed by atoms with Crippen molar-refractivity contribution in [2.45, 2.75) is 0 Å². The van der Waals surface area contributed by atoms with Gasteiger partial charge in [0.15, 0.2) is 23.1 Å². The number of fused-ring (bicyclic) bond motifs is 5. The lowest BCUT2D eigenvalue weighted by Gasteiger charge is -2.08. The summed E-state index contributed by atoms with van der Waals surface area (Å²) in [6.07, 6.45) is 0. The maximum Gasteiger partial charge on any atom is 0.231 e. The smallest absolute Gasteiger partial charge is 0.231 e. The van der Waals surface area contributed by atoms with Crippen LogP contribution in [0.1, 0.15) is 0 Å². The molecule has 1 aliphatic heterocycles. The summed E-state index contributed by atoms with van der Waals surface area (Å²) >= 11 is 0. The molecule has 27 heavy (non-hydrogen) atoms. The fraction of sp³-hybridized carbons (Fsp3) is 0.0435. The van der Waals surface area contributed by atoms with Crippen molar-refractivity contribution in [3.05, 3.63) is 72.3 Å². The number of ether oxygens (including phenoxy) is 2. The first-order chi connectivity index (χ1) is 13.1. The van der Waals surface area contributed by atoms with E-state index < -0.39 is 11.6 Å². The Bertz CT molecular complexity index is 1320. The van der Waals surface area contributed by atoms with Crippen LogP contribution in [0.2, 0.25) is 0 Å². The van der Waals surface area contributed by atoms with E-state index in [1.54, 1.807) is 0 Å². The molecule has 5 aromatic carbocycles. The minimum atomic E-state index is -0.829. The average molecular weight is 358 g/mol. The lowest BCUT2D eigenvalue weighted by atomic mass is 9.97. The molecule has 0 aliphatic carbocycles. The van der Waals surface area contributed by atoms with Crippen LogP contribution in [-0.4, -0.2) is 6.79 Å². The Labute approximate surface area is 152 Å². The third-order valence-electron chi connectivity index (χ3n) is 5.24. The molecule has 0 unspecified atom stereocenters. The molecule has 0 aromatic heterocycles. The van der Waals surface area contributed by atoms with Crippen molar-refractivity contribution in [1.29, 1.82) is 0 Å². The van der Waals surface area contributed by atoms with Crippen LogP contribution in [0.5, 0.6) is 11.5 Å². The zero-order valence-corrected chi connectivity index (χ0v) is 14.1. The van der Waals surface area contributed by atoms with E-state index in [1.807, 2.05) is 24.3 Å². The van der Waals surface area contributed by atoms with Crippen molar-refractivity contribution in [3.63, 3.8) is 0 Å². The molecule has 2 nitrogen and oxygen atoms in total. The number of halogens is 2. The van der Waals surface area contributed by atoms with Gasteiger partial charge in [-0.2, -0.15) is 0 Å². The molecule has 0 radical (unpaired) electrons. The maximum atomic E-state index is 13.6. The lowest BCUT2D eigenvalue weighted by molar-refractivity contribution is 0.174. The zero-order valence-electron chi connectivity index (χ0n) is 14.1. The third kappa shape index (κ3) is 2.16. The van der Waals surface area contributed by atoms with Crippen molar-refractivity contribution in [1.82, 2.24) is 0 Å². The highest BCUT2D eigenvalue weighted by Crippen LogP contribution is 2.38. The lowest BCUT2D eigenvalue weighted by Crippen LogP contribution is -1.92. The minimum Gasteiger partial charge on any atom is -0.454 e. The van der Waals surface area contributed by atoms with Gasteiger partial charge in [-0.3, -0.25) is 0 Å². The van der Waals surface area contributed by atoms with E-state index in [4.69, 9.17) is 9.47 Å². The SMILES string of the molecule is Fc1cc2cc3cc4cc5cc6c(cc5cc4cc3cc2cc1F)OCO6. The molecule has 0 spiro atoms. The molecule has 0 saturated heterocycles. The van der Waals surface area contributed by atoms with E-state index in [-0.39, 0.29) is 6.79 Å². The zero-order chi connectivity index (χ0) is 18.1. The molecular formula is C23H12F2O2. The second-order valence-corrected chi connectivity index (χ2v) is 6.92. The van der Waals surface area contributed by atoms with Crippen molar-refractivity contribution in [2.24, 2.45) is 0 Å². The third-order valence-corrected chi connectivity index (χ3v) is 5.24. The van der Waals surface area contributed by atoms with Crippen LogP contribution in [0.4, 0.5) is 8.78 Å². The van der Waals surface area contributed by atoms with E-state index in [0.717, 1.165) is 43.8 Å². The maximum absolute atomic E-state index is 13.6. The first-order valence-corrected chi connectivity index (χ1v) is 8.64. The van der Waals surface area contributed by atoms with Gasteiger partial charge >= 0.3 is 0 Å². The minimum absolute atomic E-state index is 0.245. The standard InChI is InChI=1S/C23H12F2O2/c24-20-7-16-3-12-1-14-5-18-9-22-23(27-11-26-22)10-19(18)6-15(14)2-13(12)4-17(16)8-21(20)25/h1-10H,11H2. The predicted molar refractivity (Wildman–Crippen MR) is 103 cm³/mol. The van der Waals surface area contributed by atoms with Crippen LogP contribution >= 0.6 is 0 Å². The van der Waals surface area contributed by atoms with Gasteiger partial charge in [0.25, 0.3) is 0 Å². The van der Waals surface area contributed by atoms with Crippen LogP contribution in [0.3, 0.4) is 0 Å². The molecule has 0 fully saturated rings. The van der Waals surface area contributed by atoms with E-state index in [0.29, 0.717) is 10.8 Å². The summed E-state index contributed by atoms with van der Waals surface area (Å²) in [6, 6.07) is 18.6. The Morgan fingerprint density at radius 1 is 0.444 bits per heavy atom. The van der Waals surface area contributed by atoms with Gasteiger partial charge in [-0.05, 0) is 104 Å². The quantitative estimate of drug-likeness (QED) is 0.302. The summed E-state index contributed by atoms with van der Waals surface area (Å²) in [4.78, 5) is 0. The topological polar surface area (TPSA) is 18.5 Å². The van der Waals surface area contributed by atoms with Crippen LogP contribution in [-0.2, 0) is 0 Å².